The van der Waals surface area contributed by atoms with Crippen molar-refractivity contribution in [3.05, 3.63) is 137 Å². The van der Waals surface area contributed by atoms with Crippen LogP contribution in [0, 0.1) is 18.6 Å². The molecule has 1 aromatic heterocycles. The van der Waals surface area contributed by atoms with Crippen LogP contribution in [0.4, 0.5) is 22.0 Å². The van der Waals surface area contributed by atoms with Gasteiger partial charge < -0.3 is 10.1 Å². The van der Waals surface area contributed by atoms with Gasteiger partial charge in [-0.05, 0) is 47.9 Å². The lowest BCUT2D eigenvalue weighted by molar-refractivity contribution is -0.265. The number of carbonyl (C=O) groups excluding carboxylic acids is 1. The lowest BCUT2D eigenvalue weighted by Gasteiger charge is -2.38. The molecule has 0 radical (unpaired) electrons. The number of amides is 1. The highest BCUT2D eigenvalue weighted by atomic mass is 19.4. The minimum atomic E-state index is -5.13. The number of pyridine rings is 1. The summed E-state index contributed by atoms with van der Waals surface area (Å²) in [5.74, 6) is -2.71. The van der Waals surface area contributed by atoms with Crippen LogP contribution in [-0.2, 0) is 20.5 Å². The highest BCUT2D eigenvalue weighted by Crippen LogP contribution is 2.43. The van der Waals surface area contributed by atoms with E-state index in [1.54, 1.807) is 43.3 Å². The quantitative estimate of drug-likeness (QED) is 0.270. The number of ether oxygens (including phenoxy) is 1. The lowest BCUT2D eigenvalue weighted by Crippen LogP contribution is -2.57. The number of hydrogen-bond acceptors (Lipinski definition) is 3. The summed E-state index contributed by atoms with van der Waals surface area (Å²) in [4.78, 5) is 17.8. The summed E-state index contributed by atoms with van der Waals surface area (Å²) in [6.07, 6.45) is -4.17. The second-order valence-electron chi connectivity index (χ2n) is 9.08. The molecule has 3 aromatic carbocycles. The number of aromatic nitrogens is 1. The van der Waals surface area contributed by atoms with E-state index in [0.717, 1.165) is 31.5 Å². The molecule has 0 bridgehead atoms. The third-order valence-electron chi connectivity index (χ3n) is 6.69. The van der Waals surface area contributed by atoms with E-state index in [1.165, 1.54) is 36.4 Å². The van der Waals surface area contributed by atoms with Crippen LogP contribution in [0.25, 0.3) is 0 Å². The van der Waals surface area contributed by atoms with E-state index >= 15 is 0 Å². The average molecular weight is 541 g/mol. The van der Waals surface area contributed by atoms with Gasteiger partial charge in [-0.25, -0.2) is 8.78 Å². The van der Waals surface area contributed by atoms with Gasteiger partial charge in [0.1, 0.15) is 11.6 Å². The highest BCUT2D eigenvalue weighted by molar-refractivity contribution is 5.88. The Balaban J connectivity index is 1.92. The number of aryl methyl sites for hydroxylation is 1. The molecular weight excluding hydrogens is 515 g/mol. The highest BCUT2D eigenvalue weighted by Gasteiger charge is 2.62. The predicted octanol–water partition coefficient (Wildman–Crippen LogP) is 6.22. The van der Waals surface area contributed by atoms with Gasteiger partial charge in [0.15, 0.2) is 0 Å². The van der Waals surface area contributed by atoms with Gasteiger partial charge in [-0.15, -0.1) is 0 Å². The average Bonchev–Trinajstić information content (AvgIpc) is 2.90. The summed E-state index contributed by atoms with van der Waals surface area (Å²) in [5, 5.41) is 2.43. The molecular formula is C30H25F5N2O2. The van der Waals surface area contributed by atoms with Gasteiger partial charge in [-0.1, -0.05) is 66.7 Å². The van der Waals surface area contributed by atoms with Crippen LogP contribution in [0.5, 0.6) is 0 Å². The number of alkyl halides is 3. The molecule has 202 valence electrons. The van der Waals surface area contributed by atoms with Crippen LogP contribution in [0.2, 0.25) is 0 Å². The molecule has 9 heteroatoms. The number of methoxy groups -OCH3 is 1. The van der Waals surface area contributed by atoms with Crippen molar-refractivity contribution in [3.8, 4) is 0 Å². The molecule has 0 aliphatic carbocycles. The number of rotatable bonds is 8. The molecule has 0 aliphatic rings. The van der Waals surface area contributed by atoms with Gasteiger partial charge in [0.05, 0.1) is 17.3 Å². The zero-order chi connectivity index (χ0) is 28.3. The van der Waals surface area contributed by atoms with Crippen molar-refractivity contribution in [1.29, 1.82) is 0 Å². The molecule has 4 aromatic rings. The Hall–Kier alpha value is -4.11. The van der Waals surface area contributed by atoms with E-state index in [4.69, 9.17) is 4.74 Å². The molecule has 2 atom stereocenters. The number of benzene rings is 3. The summed E-state index contributed by atoms with van der Waals surface area (Å²) in [5.41, 5.74) is -3.72. The van der Waals surface area contributed by atoms with Crippen molar-refractivity contribution in [2.24, 2.45) is 0 Å². The Bertz CT molecular complexity index is 1410. The van der Waals surface area contributed by atoms with Gasteiger partial charge in [0.2, 0.25) is 0 Å². The molecule has 4 nitrogen and oxygen atoms in total. The topological polar surface area (TPSA) is 51.2 Å². The second-order valence-corrected chi connectivity index (χ2v) is 9.08. The number of nitrogens with zero attached hydrogens (tertiary/aromatic N) is 1. The molecule has 4 rings (SSSR count). The number of carbonyl (C=O) groups is 1. The van der Waals surface area contributed by atoms with Crippen molar-refractivity contribution in [1.82, 2.24) is 10.3 Å². The maximum absolute atomic E-state index is 14.7. The van der Waals surface area contributed by atoms with Gasteiger partial charge in [-0.2, -0.15) is 13.2 Å². The van der Waals surface area contributed by atoms with Crippen LogP contribution < -0.4 is 5.32 Å². The number of nitrogens with one attached hydrogen (secondary N) is 1. The first-order valence-electron chi connectivity index (χ1n) is 12.0. The Morgan fingerprint density at radius 1 is 0.821 bits per heavy atom. The van der Waals surface area contributed by atoms with Crippen LogP contribution in [0.1, 0.15) is 27.9 Å². The first kappa shape index (κ1) is 27.9. The molecule has 1 N–H and O–H groups in total. The van der Waals surface area contributed by atoms with Gasteiger partial charge in [-0.3, -0.25) is 9.78 Å². The third kappa shape index (κ3) is 5.14. The molecule has 1 heterocycles. The molecule has 0 saturated carbocycles. The molecule has 39 heavy (non-hydrogen) atoms. The molecule has 1 unspecified atom stereocenters. The van der Waals surface area contributed by atoms with E-state index in [0.29, 0.717) is 16.7 Å². The standard InChI is InChI=1S/C30H25F5N2O2/c1-20-15-23(17-25(32)16-20)28(21-9-5-3-6-10-21,26-14-13-24(31)18-36-26)19-37-27(38)29(39-2,30(33,34)35)22-11-7-4-8-12-22/h3-18H,19H2,1-2H3,(H,37,38)/t28-,29?/m0/s1. The Labute approximate surface area is 222 Å². The Morgan fingerprint density at radius 3 is 1.95 bits per heavy atom. The van der Waals surface area contributed by atoms with Crippen LogP contribution in [0.15, 0.2) is 97.2 Å². The lowest BCUT2D eigenvalue weighted by atomic mass is 9.71. The summed E-state index contributed by atoms with van der Waals surface area (Å²) in [7, 11) is 0.808. The van der Waals surface area contributed by atoms with Crippen LogP contribution in [0.3, 0.4) is 0 Å². The SMILES string of the molecule is COC(C(=O)NC[C@](c1ccccc1)(c1cc(C)cc(F)c1)c1ccc(F)cn1)(c1ccccc1)C(F)(F)F. The van der Waals surface area contributed by atoms with E-state index in [9.17, 15) is 26.7 Å². The number of halogens is 5. The second kappa shape index (κ2) is 10.9. The largest absolute Gasteiger partial charge is 0.430 e. The first-order valence-corrected chi connectivity index (χ1v) is 12.0. The minimum absolute atomic E-state index is 0.190. The molecule has 0 saturated heterocycles. The van der Waals surface area contributed by atoms with Crippen molar-refractivity contribution < 1.29 is 31.5 Å². The summed E-state index contributed by atoms with van der Waals surface area (Å²) >= 11 is 0. The summed E-state index contributed by atoms with van der Waals surface area (Å²) in [6, 6.07) is 21.7. The summed E-state index contributed by atoms with van der Waals surface area (Å²) < 4.78 is 77.3. The third-order valence-corrected chi connectivity index (χ3v) is 6.69. The Kier molecular flexibility index (Phi) is 7.83. The predicted molar refractivity (Wildman–Crippen MR) is 136 cm³/mol. The molecule has 0 fully saturated rings. The molecule has 0 spiro atoms. The minimum Gasteiger partial charge on any atom is -0.356 e. The molecule has 1 amide bonds. The fourth-order valence-corrected chi connectivity index (χ4v) is 4.85. The van der Waals surface area contributed by atoms with Crippen molar-refractivity contribution in [2.75, 3.05) is 13.7 Å². The fourth-order valence-electron chi connectivity index (χ4n) is 4.85. The van der Waals surface area contributed by atoms with Crippen molar-refractivity contribution in [3.63, 3.8) is 0 Å². The Morgan fingerprint density at radius 2 is 1.44 bits per heavy atom. The van der Waals surface area contributed by atoms with E-state index in [1.807, 2.05) is 0 Å². The van der Waals surface area contributed by atoms with E-state index in [-0.39, 0.29) is 5.69 Å². The van der Waals surface area contributed by atoms with Crippen molar-refractivity contribution in [2.45, 2.75) is 24.1 Å². The van der Waals surface area contributed by atoms with E-state index < -0.39 is 46.8 Å². The normalized spacial score (nSPS) is 14.7. The van der Waals surface area contributed by atoms with Crippen LogP contribution >= 0.6 is 0 Å². The summed E-state index contributed by atoms with van der Waals surface area (Å²) in [6.45, 7) is 1.18. The smallest absolute Gasteiger partial charge is 0.356 e. The number of hydrogen-bond donors (Lipinski definition) is 1. The zero-order valence-corrected chi connectivity index (χ0v) is 21.1. The van der Waals surface area contributed by atoms with Crippen molar-refractivity contribution >= 4 is 5.91 Å². The maximum Gasteiger partial charge on any atom is 0.430 e. The maximum atomic E-state index is 14.7. The van der Waals surface area contributed by atoms with Gasteiger partial charge in [0.25, 0.3) is 11.5 Å². The first-order chi connectivity index (χ1) is 18.5. The van der Waals surface area contributed by atoms with Crippen LogP contribution in [-0.4, -0.2) is 30.7 Å². The van der Waals surface area contributed by atoms with Gasteiger partial charge >= 0.3 is 6.18 Å². The zero-order valence-electron chi connectivity index (χ0n) is 21.1. The molecule has 0 aliphatic heterocycles. The van der Waals surface area contributed by atoms with E-state index in [2.05, 4.69) is 10.3 Å². The van der Waals surface area contributed by atoms with Gasteiger partial charge in [0, 0.05) is 19.2 Å². The monoisotopic (exact) mass is 540 g/mol. The fraction of sp³-hybridized carbons (Fsp3) is 0.200.